The third kappa shape index (κ3) is 2.37. The molecule has 7 nitrogen and oxygen atoms in total. The lowest BCUT2D eigenvalue weighted by Gasteiger charge is -2.40. The number of likely N-dealkylation sites (tertiary alicyclic amines) is 1. The molecule has 0 saturated carbocycles. The van der Waals surface area contributed by atoms with E-state index in [9.17, 15) is 14.4 Å². The molecule has 0 N–H and O–H groups in total. The van der Waals surface area contributed by atoms with Crippen molar-refractivity contribution in [1.82, 2.24) is 14.7 Å². The number of piperidine rings is 1. The molecule has 0 aromatic heterocycles. The van der Waals surface area contributed by atoms with Gasteiger partial charge < -0.3 is 14.5 Å². The second-order valence-electron chi connectivity index (χ2n) is 7.30. The molecule has 0 atom stereocenters. The lowest BCUT2D eigenvalue weighted by atomic mass is 9.86. The molecule has 1 aromatic carbocycles. The van der Waals surface area contributed by atoms with Crippen LogP contribution in [0.1, 0.15) is 35.2 Å². The molecule has 4 rings (SSSR count). The predicted molar refractivity (Wildman–Crippen MR) is 94.1 cm³/mol. The lowest BCUT2D eigenvalue weighted by molar-refractivity contribution is -0.134. The number of hydrogen-bond acceptors (Lipinski definition) is 4. The minimum atomic E-state index is -0.799. The van der Waals surface area contributed by atoms with Gasteiger partial charge in [0.2, 0.25) is 0 Å². The van der Waals surface area contributed by atoms with Crippen LogP contribution in [0.15, 0.2) is 18.2 Å². The Balaban J connectivity index is 1.49. The van der Waals surface area contributed by atoms with Crippen LogP contribution in [0.25, 0.3) is 0 Å². The maximum atomic E-state index is 12.9. The Hall–Kier alpha value is -2.57. The Morgan fingerprint density at radius 3 is 2.54 bits per heavy atom. The minimum Gasteiger partial charge on any atom is -0.493 e. The van der Waals surface area contributed by atoms with Crippen molar-refractivity contribution >= 4 is 17.8 Å². The number of urea groups is 1. The van der Waals surface area contributed by atoms with Crippen LogP contribution in [0.3, 0.4) is 0 Å². The smallest absolute Gasteiger partial charge is 0.327 e. The molecule has 4 amide bonds. The van der Waals surface area contributed by atoms with Crippen LogP contribution in [-0.4, -0.2) is 71.9 Å². The molecule has 26 heavy (non-hydrogen) atoms. The van der Waals surface area contributed by atoms with Gasteiger partial charge in [-0.15, -0.1) is 0 Å². The fourth-order valence-corrected chi connectivity index (χ4v) is 4.26. The SMILES string of the molecule is CN1C(=O)N(C)C2(CCN(C(=O)c3ccc4c(c3)CCCO4)CC2)C1=O. The Labute approximate surface area is 152 Å². The molecule has 2 fully saturated rings. The van der Waals surface area contributed by atoms with Crippen LogP contribution >= 0.6 is 0 Å². The van der Waals surface area contributed by atoms with E-state index >= 15 is 0 Å². The Bertz CT molecular complexity index is 783. The topological polar surface area (TPSA) is 70.2 Å². The maximum Gasteiger partial charge on any atom is 0.327 e. The van der Waals surface area contributed by atoms with Crippen molar-refractivity contribution in [1.29, 1.82) is 0 Å². The van der Waals surface area contributed by atoms with Crippen molar-refractivity contribution in [2.24, 2.45) is 0 Å². The summed E-state index contributed by atoms with van der Waals surface area (Å²) in [4.78, 5) is 42.0. The van der Waals surface area contributed by atoms with Crippen molar-refractivity contribution in [3.8, 4) is 5.75 Å². The standard InChI is InChI=1S/C19H23N3O4/c1-20-17(24)19(21(2)18(20)25)7-9-22(10-8-19)16(23)14-5-6-15-13(12-14)4-3-11-26-15/h5-6,12H,3-4,7-11H2,1-2H3. The average Bonchev–Trinajstić information content (AvgIpc) is 2.84. The number of carbonyl (C=O) groups is 3. The number of likely N-dealkylation sites (N-methyl/N-ethyl adjacent to an activating group) is 2. The molecule has 2 saturated heterocycles. The third-order valence-electron chi connectivity index (χ3n) is 5.95. The fraction of sp³-hybridized carbons (Fsp3) is 0.526. The number of rotatable bonds is 1. The molecular formula is C19H23N3O4. The molecule has 0 bridgehead atoms. The summed E-state index contributed by atoms with van der Waals surface area (Å²) in [6.07, 6.45) is 2.83. The Morgan fingerprint density at radius 1 is 1.15 bits per heavy atom. The fourth-order valence-electron chi connectivity index (χ4n) is 4.26. The largest absolute Gasteiger partial charge is 0.493 e. The summed E-state index contributed by atoms with van der Waals surface area (Å²) in [6.45, 7) is 1.65. The zero-order valence-corrected chi connectivity index (χ0v) is 15.2. The molecule has 1 aromatic rings. The van der Waals surface area contributed by atoms with Gasteiger partial charge in [-0.25, -0.2) is 4.79 Å². The molecule has 3 aliphatic rings. The lowest BCUT2D eigenvalue weighted by Crippen LogP contribution is -2.56. The number of carbonyl (C=O) groups excluding carboxylic acids is 3. The summed E-state index contributed by atoms with van der Waals surface area (Å²) in [6, 6.07) is 5.32. The zero-order valence-electron chi connectivity index (χ0n) is 15.2. The summed E-state index contributed by atoms with van der Waals surface area (Å²) in [5.41, 5.74) is 0.935. The first-order valence-corrected chi connectivity index (χ1v) is 9.05. The number of aryl methyl sites for hydroxylation is 1. The first-order valence-electron chi connectivity index (χ1n) is 9.05. The van der Waals surface area contributed by atoms with Crippen molar-refractivity contribution in [3.05, 3.63) is 29.3 Å². The van der Waals surface area contributed by atoms with E-state index in [0.29, 0.717) is 31.5 Å². The van der Waals surface area contributed by atoms with Crippen LogP contribution in [0, 0.1) is 0 Å². The van der Waals surface area contributed by atoms with Gasteiger partial charge in [0.25, 0.3) is 11.8 Å². The van der Waals surface area contributed by atoms with E-state index in [-0.39, 0.29) is 17.8 Å². The van der Waals surface area contributed by atoms with Crippen LogP contribution < -0.4 is 4.74 Å². The van der Waals surface area contributed by atoms with E-state index < -0.39 is 5.54 Å². The van der Waals surface area contributed by atoms with E-state index in [0.717, 1.165) is 30.8 Å². The number of nitrogens with zero attached hydrogens (tertiary/aromatic N) is 3. The second-order valence-corrected chi connectivity index (χ2v) is 7.30. The Morgan fingerprint density at radius 2 is 1.88 bits per heavy atom. The van der Waals surface area contributed by atoms with E-state index in [4.69, 9.17) is 4.74 Å². The van der Waals surface area contributed by atoms with Gasteiger partial charge in [-0.3, -0.25) is 14.5 Å². The number of benzene rings is 1. The van der Waals surface area contributed by atoms with E-state index in [1.807, 2.05) is 12.1 Å². The summed E-state index contributed by atoms with van der Waals surface area (Å²) in [7, 11) is 3.19. The highest BCUT2D eigenvalue weighted by atomic mass is 16.5. The van der Waals surface area contributed by atoms with Gasteiger partial charge in [0.05, 0.1) is 6.61 Å². The highest BCUT2D eigenvalue weighted by molar-refractivity contribution is 6.07. The highest BCUT2D eigenvalue weighted by Crippen LogP contribution is 2.36. The summed E-state index contributed by atoms with van der Waals surface area (Å²) in [5, 5.41) is 0. The van der Waals surface area contributed by atoms with Gasteiger partial charge in [-0.2, -0.15) is 0 Å². The zero-order chi connectivity index (χ0) is 18.5. The predicted octanol–water partition coefficient (Wildman–Crippen LogP) is 1.51. The molecule has 0 unspecified atom stereocenters. The summed E-state index contributed by atoms with van der Waals surface area (Å²) >= 11 is 0. The maximum absolute atomic E-state index is 12.9. The summed E-state index contributed by atoms with van der Waals surface area (Å²) in [5.74, 6) is 0.675. The molecule has 1 spiro atoms. The summed E-state index contributed by atoms with van der Waals surface area (Å²) < 4.78 is 5.61. The first-order chi connectivity index (χ1) is 12.4. The average molecular weight is 357 g/mol. The van der Waals surface area contributed by atoms with Crippen molar-refractivity contribution in [2.75, 3.05) is 33.8 Å². The van der Waals surface area contributed by atoms with Gasteiger partial charge >= 0.3 is 6.03 Å². The second kappa shape index (κ2) is 6.00. The number of ether oxygens (including phenoxy) is 1. The molecule has 3 aliphatic heterocycles. The van der Waals surface area contributed by atoms with E-state index in [1.54, 1.807) is 18.0 Å². The molecule has 3 heterocycles. The Kier molecular flexibility index (Phi) is 3.89. The number of amides is 4. The molecule has 7 heteroatoms. The number of imide groups is 1. The molecular weight excluding hydrogens is 334 g/mol. The molecule has 0 radical (unpaired) electrons. The van der Waals surface area contributed by atoms with Gasteiger partial charge in [-0.1, -0.05) is 0 Å². The van der Waals surface area contributed by atoms with E-state index in [1.165, 1.54) is 16.8 Å². The minimum absolute atomic E-state index is 0.0268. The van der Waals surface area contributed by atoms with Crippen molar-refractivity contribution < 1.29 is 19.1 Å². The van der Waals surface area contributed by atoms with Gasteiger partial charge in [0, 0.05) is 32.7 Å². The van der Waals surface area contributed by atoms with Crippen molar-refractivity contribution in [3.63, 3.8) is 0 Å². The van der Waals surface area contributed by atoms with Crippen LogP contribution in [0.5, 0.6) is 5.75 Å². The number of hydrogen-bond donors (Lipinski definition) is 0. The van der Waals surface area contributed by atoms with Gasteiger partial charge in [-0.05, 0) is 49.4 Å². The quantitative estimate of drug-likeness (QED) is 0.715. The highest BCUT2D eigenvalue weighted by Gasteiger charge is 2.55. The monoisotopic (exact) mass is 357 g/mol. The first kappa shape index (κ1) is 16.9. The van der Waals surface area contributed by atoms with Crippen molar-refractivity contribution in [2.45, 2.75) is 31.2 Å². The van der Waals surface area contributed by atoms with Gasteiger partial charge in [0.1, 0.15) is 11.3 Å². The number of fused-ring (bicyclic) bond motifs is 1. The molecule has 138 valence electrons. The van der Waals surface area contributed by atoms with Crippen LogP contribution in [0.4, 0.5) is 4.79 Å². The van der Waals surface area contributed by atoms with Crippen LogP contribution in [-0.2, 0) is 11.2 Å². The molecule has 0 aliphatic carbocycles. The van der Waals surface area contributed by atoms with Crippen LogP contribution in [0.2, 0.25) is 0 Å². The van der Waals surface area contributed by atoms with Gasteiger partial charge in [0.15, 0.2) is 0 Å². The normalized spacial score (nSPS) is 21.8. The van der Waals surface area contributed by atoms with E-state index in [2.05, 4.69) is 0 Å². The third-order valence-corrected chi connectivity index (χ3v) is 5.95.